The van der Waals surface area contributed by atoms with Gasteiger partial charge in [-0.2, -0.15) is 0 Å². The number of rotatable bonds is 4. The Bertz CT molecular complexity index is 905. The Morgan fingerprint density at radius 2 is 1.78 bits per heavy atom. The molecule has 0 saturated carbocycles. The van der Waals surface area contributed by atoms with Gasteiger partial charge in [0.1, 0.15) is 12.2 Å². The van der Waals surface area contributed by atoms with Gasteiger partial charge in [0.2, 0.25) is 0 Å². The van der Waals surface area contributed by atoms with Crippen LogP contribution in [0.2, 0.25) is 0 Å². The molecule has 0 bridgehead atoms. The Morgan fingerprint density at radius 3 is 2.52 bits per heavy atom. The van der Waals surface area contributed by atoms with Crippen LogP contribution in [0.3, 0.4) is 0 Å². The monoisotopic (exact) mass is 384 g/mol. The lowest BCUT2D eigenvalue weighted by Gasteiger charge is -2.41. The molecule has 2 heterocycles. The van der Waals surface area contributed by atoms with Gasteiger partial charge in [-0.05, 0) is 34.7 Å². The van der Waals surface area contributed by atoms with E-state index in [2.05, 4.69) is 18.2 Å². The highest BCUT2D eigenvalue weighted by atomic mass is 32.1. The first kappa shape index (κ1) is 18.6. The number of hydrogen-bond acceptors (Lipinski definition) is 5. The summed E-state index contributed by atoms with van der Waals surface area (Å²) in [4.78, 5) is 1.28. The minimum Gasteiger partial charge on any atom is -0.394 e. The van der Waals surface area contributed by atoms with E-state index in [1.807, 2.05) is 36.4 Å². The van der Waals surface area contributed by atoms with E-state index < -0.39 is 24.4 Å². The fourth-order valence-corrected chi connectivity index (χ4v) is 4.84. The van der Waals surface area contributed by atoms with Gasteiger partial charge in [0.05, 0.1) is 18.8 Å². The number of aliphatic hydroxyl groups excluding tert-OH is 3. The summed E-state index contributed by atoms with van der Waals surface area (Å²) in [6.07, 6.45) is -2.17. The molecule has 1 saturated heterocycles. The van der Waals surface area contributed by atoms with Crippen molar-refractivity contribution < 1.29 is 20.1 Å². The molecule has 2 aromatic carbocycles. The number of aliphatic hydroxyl groups is 3. The van der Waals surface area contributed by atoms with Crippen LogP contribution in [0.5, 0.6) is 0 Å². The summed E-state index contributed by atoms with van der Waals surface area (Å²) < 4.78 is 7.09. The van der Waals surface area contributed by atoms with Crippen molar-refractivity contribution in [2.45, 2.75) is 37.8 Å². The van der Waals surface area contributed by atoms with Crippen LogP contribution in [0.25, 0.3) is 10.1 Å². The lowest BCUT2D eigenvalue weighted by molar-refractivity contribution is -0.206. The maximum Gasteiger partial charge on any atom is 0.111 e. The van der Waals surface area contributed by atoms with E-state index in [1.54, 1.807) is 18.3 Å². The molecular weight excluding hydrogens is 360 g/mol. The largest absolute Gasteiger partial charge is 0.394 e. The third-order valence-electron chi connectivity index (χ3n) is 5.43. The highest BCUT2D eigenvalue weighted by Crippen LogP contribution is 2.37. The summed E-state index contributed by atoms with van der Waals surface area (Å²) in [6, 6.07) is 18.5. The molecule has 4 nitrogen and oxygen atoms in total. The summed E-state index contributed by atoms with van der Waals surface area (Å²) in [5.41, 5.74) is 2.10. The van der Waals surface area contributed by atoms with Crippen LogP contribution in [0.15, 0.2) is 54.6 Å². The van der Waals surface area contributed by atoms with E-state index >= 15 is 0 Å². The maximum atomic E-state index is 10.5. The van der Waals surface area contributed by atoms with Crippen LogP contribution in [-0.2, 0) is 11.2 Å². The van der Waals surface area contributed by atoms with Crippen molar-refractivity contribution in [1.82, 2.24) is 0 Å². The molecule has 3 aromatic rings. The molecule has 0 amide bonds. The minimum atomic E-state index is -1.01. The zero-order valence-electron chi connectivity index (χ0n) is 15.2. The van der Waals surface area contributed by atoms with Crippen molar-refractivity contribution in [3.8, 4) is 0 Å². The Morgan fingerprint density at radius 1 is 1.00 bits per heavy atom. The minimum absolute atomic E-state index is 0.177. The van der Waals surface area contributed by atoms with Gasteiger partial charge in [-0.1, -0.05) is 43.3 Å². The smallest absolute Gasteiger partial charge is 0.111 e. The average Bonchev–Trinajstić information content (AvgIpc) is 3.08. The molecule has 0 spiro atoms. The third kappa shape index (κ3) is 3.66. The lowest BCUT2D eigenvalue weighted by Crippen LogP contribution is -2.50. The molecule has 0 unspecified atom stereocenters. The van der Waals surface area contributed by atoms with Gasteiger partial charge in [-0.3, -0.25) is 0 Å². The summed E-state index contributed by atoms with van der Waals surface area (Å²) in [6.45, 7) is 1.60. The van der Waals surface area contributed by atoms with Crippen molar-refractivity contribution in [1.29, 1.82) is 0 Å². The Hall–Kier alpha value is -1.76. The van der Waals surface area contributed by atoms with Crippen LogP contribution >= 0.6 is 11.3 Å². The molecule has 1 aromatic heterocycles. The molecule has 1 aliphatic heterocycles. The van der Waals surface area contributed by atoms with E-state index in [0.29, 0.717) is 0 Å². The second kappa shape index (κ2) is 7.70. The molecular formula is C22H24O4S. The molecule has 27 heavy (non-hydrogen) atoms. The standard InChI is InChI=1S/C22H24O4S/c1-13-18(12-23)26-22(21(25)20(13)24)15-7-8-19-16(10-15)11-17(27-19)9-14-5-3-2-4-6-14/h2-8,10-11,13,18,20-25H,9,12H2,1H3/t13-,18-,20+,21-,22+/m1/s1. The molecule has 0 radical (unpaired) electrons. The first-order valence-corrected chi connectivity index (χ1v) is 10.1. The Kier molecular flexibility index (Phi) is 5.30. The molecule has 5 heteroatoms. The molecule has 3 N–H and O–H groups in total. The molecule has 1 aliphatic rings. The van der Waals surface area contributed by atoms with Crippen LogP contribution in [0.1, 0.15) is 29.0 Å². The van der Waals surface area contributed by atoms with Gasteiger partial charge in [-0.15, -0.1) is 11.3 Å². The predicted octanol–water partition coefficient (Wildman–Crippen LogP) is 3.28. The molecule has 4 rings (SSSR count). The molecule has 0 aliphatic carbocycles. The SMILES string of the molecule is C[C@H]1[C@H](O)[C@@H](O)[C@H](c2ccc3sc(Cc4ccccc4)cc3c2)O[C@@H]1CO. The zero-order valence-corrected chi connectivity index (χ0v) is 16.0. The summed E-state index contributed by atoms with van der Waals surface area (Å²) in [7, 11) is 0. The number of hydrogen-bond donors (Lipinski definition) is 3. The topological polar surface area (TPSA) is 69.9 Å². The predicted molar refractivity (Wildman–Crippen MR) is 107 cm³/mol. The maximum absolute atomic E-state index is 10.5. The molecule has 5 atom stereocenters. The van der Waals surface area contributed by atoms with E-state index in [-0.39, 0.29) is 12.5 Å². The van der Waals surface area contributed by atoms with Gasteiger partial charge in [0.15, 0.2) is 0 Å². The number of fused-ring (bicyclic) bond motifs is 1. The Labute approximate surface area is 162 Å². The summed E-state index contributed by atoms with van der Waals surface area (Å²) in [5, 5.41) is 31.4. The first-order valence-electron chi connectivity index (χ1n) is 9.25. The van der Waals surface area contributed by atoms with Crippen molar-refractivity contribution in [2.75, 3.05) is 6.61 Å². The first-order chi connectivity index (χ1) is 13.1. The lowest BCUT2D eigenvalue weighted by atomic mass is 9.86. The van der Waals surface area contributed by atoms with Crippen molar-refractivity contribution in [3.63, 3.8) is 0 Å². The summed E-state index contributed by atoms with van der Waals surface area (Å²) >= 11 is 1.76. The average molecular weight is 384 g/mol. The van der Waals surface area contributed by atoms with Crippen LogP contribution in [0, 0.1) is 5.92 Å². The van der Waals surface area contributed by atoms with E-state index in [1.165, 1.54) is 15.1 Å². The Balaban J connectivity index is 1.61. The van der Waals surface area contributed by atoms with Crippen molar-refractivity contribution in [3.05, 3.63) is 70.6 Å². The highest BCUT2D eigenvalue weighted by Gasteiger charge is 2.42. The number of ether oxygens (including phenoxy) is 1. The van der Waals surface area contributed by atoms with E-state index in [0.717, 1.165) is 17.4 Å². The third-order valence-corrected chi connectivity index (χ3v) is 6.54. The van der Waals surface area contributed by atoms with Gasteiger partial charge >= 0.3 is 0 Å². The number of thiophene rings is 1. The number of benzene rings is 2. The van der Waals surface area contributed by atoms with Crippen LogP contribution in [0.4, 0.5) is 0 Å². The van der Waals surface area contributed by atoms with E-state index in [9.17, 15) is 15.3 Å². The second-order valence-corrected chi connectivity index (χ2v) is 8.46. The normalized spacial score (nSPS) is 28.5. The van der Waals surface area contributed by atoms with Gasteiger partial charge in [0.25, 0.3) is 0 Å². The van der Waals surface area contributed by atoms with Gasteiger partial charge in [0, 0.05) is 21.9 Å². The quantitative estimate of drug-likeness (QED) is 0.646. The second-order valence-electron chi connectivity index (χ2n) is 7.29. The zero-order chi connectivity index (χ0) is 19.0. The molecule has 1 fully saturated rings. The van der Waals surface area contributed by atoms with Crippen molar-refractivity contribution in [2.24, 2.45) is 5.92 Å². The van der Waals surface area contributed by atoms with Crippen molar-refractivity contribution >= 4 is 21.4 Å². The van der Waals surface area contributed by atoms with Crippen LogP contribution in [-0.4, -0.2) is 40.2 Å². The summed E-state index contributed by atoms with van der Waals surface area (Å²) in [5.74, 6) is -0.316. The fourth-order valence-electron chi connectivity index (χ4n) is 3.77. The highest BCUT2D eigenvalue weighted by molar-refractivity contribution is 7.19. The fraction of sp³-hybridized carbons (Fsp3) is 0.364. The van der Waals surface area contributed by atoms with E-state index in [4.69, 9.17) is 4.74 Å². The molecule has 142 valence electrons. The van der Waals surface area contributed by atoms with Crippen LogP contribution < -0.4 is 0 Å². The van der Waals surface area contributed by atoms with Gasteiger partial charge in [-0.25, -0.2) is 0 Å². The van der Waals surface area contributed by atoms with Gasteiger partial charge < -0.3 is 20.1 Å².